The lowest BCUT2D eigenvalue weighted by Crippen LogP contribution is -2.38. The Kier molecular flexibility index (Phi) is 5.43. The average molecular weight is 568 g/mol. The maximum absolute atomic E-state index is 5.59. The molecular formula is C41H33N3. The molecule has 212 valence electrons. The van der Waals surface area contributed by atoms with E-state index >= 15 is 0 Å². The summed E-state index contributed by atoms with van der Waals surface area (Å²) in [5, 5.41) is 6.44. The third-order valence-corrected chi connectivity index (χ3v) is 9.99. The van der Waals surface area contributed by atoms with Crippen molar-refractivity contribution < 1.29 is 0 Å². The van der Waals surface area contributed by atoms with Gasteiger partial charge >= 0.3 is 0 Å². The van der Waals surface area contributed by atoms with Crippen LogP contribution >= 0.6 is 0 Å². The van der Waals surface area contributed by atoms with Crippen LogP contribution in [0, 0.1) is 5.92 Å². The number of hydrogen-bond acceptors (Lipinski definition) is 2. The van der Waals surface area contributed by atoms with Crippen molar-refractivity contribution in [3.05, 3.63) is 156 Å². The molecule has 2 atom stereocenters. The second-order valence-electron chi connectivity index (χ2n) is 12.8. The third-order valence-electron chi connectivity index (χ3n) is 9.99. The monoisotopic (exact) mass is 567 g/mol. The molecule has 2 heterocycles. The number of para-hydroxylation sites is 1. The Labute approximate surface area is 257 Å². The first-order valence-electron chi connectivity index (χ1n) is 15.6. The fraction of sp³-hybridized carbons (Fsp3) is 0.146. The first-order chi connectivity index (χ1) is 21.6. The molecule has 1 aliphatic heterocycles. The standard InChI is InChI=1S/C41H33N3/c1-41(2)33-17-9-6-15-31(33)37-34(41)25-24-30-29-14-8-11-19-36(29)44(39(30)37)40-42-35-18-10-7-16-32(35)38(43-40)28-22-20-27(21-23-28)26-12-4-3-5-13-26/h3-15,17-25,32,40,42H,16H2,1-2H3. The molecule has 0 radical (unpaired) electrons. The summed E-state index contributed by atoms with van der Waals surface area (Å²) in [4.78, 5) is 5.59. The molecule has 0 amide bonds. The van der Waals surface area contributed by atoms with E-state index in [4.69, 9.17) is 4.99 Å². The zero-order chi connectivity index (χ0) is 29.4. The Morgan fingerprint density at radius 1 is 0.705 bits per heavy atom. The van der Waals surface area contributed by atoms with Crippen LogP contribution in [0.15, 0.2) is 144 Å². The van der Waals surface area contributed by atoms with E-state index in [1.54, 1.807) is 0 Å². The number of hydrogen-bond donors (Lipinski definition) is 1. The van der Waals surface area contributed by atoms with Crippen molar-refractivity contribution in [2.75, 3.05) is 0 Å². The van der Waals surface area contributed by atoms with E-state index in [2.05, 4.69) is 157 Å². The van der Waals surface area contributed by atoms with E-state index < -0.39 is 0 Å². The Balaban J connectivity index is 1.28. The van der Waals surface area contributed by atoms with Crippen LogP contribution in [-0.2, 0) is 5.41 Å². The molecule has 0 saturated carbocycles. The molecule has 2 unspecified atom stereocenters. The molecule has 1 N–H and O–H groups in total. The predicted molar refractivity (Wildman–Crippen MR) is 183 cm³/mol. The molecule has 1 aromatic heterocycles. The lowest BCUT2D eigenvalue weighted by Gasteiger charge is -2.35. The molecule has 3 nitrogen and oxygen atoms in total. The first-order valence-corrected chi connectivity index (χ1v) is 15.6. The van der Waals surface area contributed by atoms with Crippen molar-refractivity contribution in [3.63, 3.8) is 0 Å². The summed E-state index contributed by atoms with van der Waals surface area (Å²) in [6, 6.07) is 42.0. The molecule has 6 aromatic rings. The van der Waals surface area contributed by atoms with Crippen LogP contribution < -0.4 is 5.32 Å². The normalized spacial score (nSPS) is 19.6. The van der Waals surface area contributed by atoms with Crippen LogP contribution in [0.5, 0.6) is 0 Å². The third kappa shape index (κ3) is 3.59. The number of allylic oxidation sites excluding steroid dienone is 4. The van der Waals surface area contributed by atoms with E-state index in [-0.39, 0.29) is 17.6 Å². The molecule has 3 aliphatic rings. The molecule has 0 fully saturated rings. The zero-order valence-electron chi connectivity index (χ0n) is 25.0. The molecule has 9 rings (SSSR count). The zero-order valence-corrected chi connectivity index (χ0v) is 25.0. The molecule has 2 aliphatic carbocycles. The van der Waals surface area contributed by atoms with Crippen molar-refractivity contribution in [1.82, 2.24) is 9.88 Å². The molecule has 3 heteroatoms. The van der Waals surface area contributed by atoms with Gasteiger partial charge in [-0.25, -0.2) is 4.99 Å². The molecule has 0 saturated heterocycles. The van der Waals surface area contributed by atoms with Gasteiger partial charge in [0.2, 0.25) is 6.29 Å². The quantitative estimate of drug-likeness (QED) is 0.227. The summed E-state index contributed by atoms with van der Waals surface area (Å²) in [6.45, 7) is 4.71. The summed E-state index contributed by atoms with van der Waals surface area (Å²) in [5.74, 6) is 0.206. The van der Waals surface area contributed by atoms with Gasteiger partial charge in [0.1, 0.15) is 0 Å². The number of benzene rings is 5. The van der Waals surface area contributed by atoms with E-state index in [0.29, 0.717) is 0 Å². The smallest absolute Gasteiger partial charge is 0.201 e. The predicted octanol–water partition coefficient (Wildman–Crippen LogP) is 9.78. The molecule has 0 bridgehead atoms. The number of nitrogens with one attached hydrogen (secondary N) is 1. The second kappa shape index (κ2) is 9.42. The summed E-state index contributed by atoms with van der Waals surface area (Å²) in [5.41, 5.74) is 13.8. The number of rotatable bonds is 3. The van der Waals surface area contributed by atoms with E-state index in [0.717, 1.165) is 12.1 Å². The number of aromatic nitrogens is 1. The summed E-state index contributed by atoms with van der Waals surface area (Å²) in [6.07, 6.45) is 7.34. The minimum absolute atomic E-state index is 0.0713. The van der Waals surface area contributed by atoms with Crippen LogP contribution in [0.25, 0.3) is 44.1 Å². The molecule has 44 heavy (non-hydrogen) atoms. The fourth-order valence-electron chi connectivity index (χ4n) is 7.83. The summed E-state index contributed by atoms with van der Waals surface area (Å²) < 4.78 is 2.47. The van der Waals surface area contributed by atoms with Crippen molar-refractivity contribution >= 4 is 27.5 Å². The fourth-order valence-corrected chi connectivity index (χ4v) is 7.83. The van der Waals surface area contributed by atoms with Crippen LogP contribution in [0.3, 0.4) is 0 Å². The Morgan fingerprint density at radius 3 is 2.30 bits per heavy atom. The van der Waals surface area contributed by atoms with E-state index in [1.165, 1.54) is 66.4 Å². The minimum Gasteiger partial charge on any atom is -0.349 e. The van der Waals surface area contributed by atoms with Crippen molar-refractivity contribution in [2.24, 2.45) is 10.9 Å². The SMILES string of the molecule is CC1(C)c2ccccc2-c2c1ccc1c3ccccc3n(C3N=C(c4ccc(-c5ccccc5)cc4)C4CC=CC=C4N3)c21. The lowest BCUT2D eigenvalue weighted by atomic mass is 9.82. The van der Waals surface area contributed by atoms with Crippen molar-refractivity contribution in [1.29, 1.82) is 0 Å². The Bertz CT molecular complexity index is 2190. The second-order valence-corrected chi connectivity index (χ2v) is 12.8. The van der Waals surface area contributed by atoms with Gasteiger partial charge in [0.25, 0.3) is 0 Å². The maximum atomic E-state index is 5.59. The maximum Gasteiger partial charge on any atom is 0.201 e. The van der Waals surface area contributed by atoms with Crippen LogP contribution in [0.4, 0.5) is 0 Å². The number of nitrogens with zero attached hydrogens (tertiary/aromatic N) is 2. The van der Waals surface area contributed by atoms with Crippen LogP contribution in [0.2, 0.25) is 0 Å². The molecule has 5 aromatic carbocycles. The average Bonchev–Trinajstić information content (AvgIpc) is 3.54. The van der Waals surface area contributed by atoms with Crippen molar-refractivity contribution in [3.8, 4) is 22.3 Å². The highest BCUT2D eigenvalue weighted by Crippen LogP contribution is 2.53. The van der Waals surface area contributed by atoms with Gasteiger partial charge in [-0.2, -0.15) is 0 Å². The van der Waals surface area contributed by atoms with E-state index in [9.17, 15) is 0 Å². The number of fused-ring (bicyclic) bond motifs is 8. The van der Waals surface area contributed by atoms with Gasteiger partial charge in [0, 0.05) is 33.4 Å². The Hall–Kier alpha value is -5.15. The van der Waals surface area contributed by atoms with Crippen molar-refractivity contribution in [2.45, 2.75) is 32.0 Å². The number of aliphatic imine (C=N–C) groups is 1. The van der Waals surface area contributed by atoms with Gasteiger partial charge in [-0.1, -0.05) is 135 Å². The van der Waals surface area contributed by atoms with E-state index in [1.807, 2.05) is 0 Å². The summed E-state index contributed by atoms with van der Waals surface area (Å²) in [7, 11) is 0. The first kappa shape index (κ1) is 25.4. The van der Waals surface area contributed by atoms with Crippen LogP contribution in [0.1, 0.15) is 43.2 Å². The van der Waals surface area contributed by atoms with Gasteiger partial charge in [0.05, 0.1) is 16.7 Å². The highest BCUT2D eigenvalue weighted by atomic mass is 15.3. The van der Waals surface area contributed by atoms with Gasteiger partial charge in [-0.05, 0) is 51.9 Å². The minimum atomic E-state index is -0.280. The summed E-state index contributed by atoms with van der Waals surface area (Å²) >= 11 is 0. The van der Waals surface area contributed by atoms with Gasteiger partial charge in [0.15, 0.2) is 0 Å². The van der Waals surface area contributed by atoms with Crippen LogP contribution in [-0.4, -0.2) is 10.3 Å². The topological polar surface area (TPSA) is 29.3 Å². The van der Waals surface area contributed by atoms with Gasteiger partial charge in [-0.3, -0.25) is 0 Å². The highest BCUT2D eigenvalue weighted by molar-refractivity contribution is 6.15. The lowest BCUT2D eigenvalue weighted by molar-refractivity contribution is 0.440. The van der Waals surface area contributed by atoms with Gasteiger partial charge < -0.3 is 9.88 Å². The highest BCUT2D eigenvalue weighted by Gasteiger charge is 2.39. The molecular weight excluding hydrogens is 534 g/mol. The largest absolute Gasteiger partial charge is 0.349 e. The van der Waals surface area contributed by atoms with Gasteiger partial charge in [-0.15, -0.1) is 0 Å². The Morgan fingerprint density at radius 2 is 1.43 bits per heavy atom. The molecule has 0 spiro atoms.